The molecule has 4 rings (SSSR count). The summed E-state index contributed by atoms with van der Waals surface area (Å²) in [6.07, 6.45) is 2.23. The second-order valence-electron chi connectivity index (χ2n) is 6.57. The minimum Gasteiger partial charge on any atom is -0.485 e. The van der Waals surface area contributed by atoms with Crippen LogP contribution in [0.2, 0.25) is 5.02 Å². The van der Waals surface area contributed by atoms with Crippen LogP contribution in [0, 0.1) is 0 Å². The van der Waals surface area contributed by atoms with E-state index in [0.717, 1.165) is 18.4 Å². The fraction of sp³-hybridized carbons (Fsp3) is 0.250. The van der Waals surface area contributed by atoms with Crippen LogP contribution in [0.25, 0.3) is 0 Å². The van der Waals surface area contributed by atoms with Gasteiger partial charge < -0.3 is 19.9 Å². The third-order valence-corrected chi connectivity index (χ3v) is 4.51. The molecule has 0 unspecified atom stereocenters. The van der Waals surface area contributed by atoms with Gasteiger partial charge in [-0.05, 0) is 54.8 Å². The van der Waals surface area contributed by atoms with Gasteiger partial charge in [0, 0.05) is 23.2 Å². The van der Waals surface area contributed by atoms with E-state index in [2.05, 4.69) is 20.8 Å². The number of amides is 2. The summed E-state index contributed by atoms with van der Waals surface area (Å²) in [4.78, 5) is 16.3. The van der Waals surface area contributed by atoms with Crippen LogP contribution in [-0.4, -0.2) is 16.2 Å². The van der Waals surface area contributed by atoms with Crippen molar-refractivity contribution in [2.75, 3.05) is 5.32 Å². The number of aromatic nitrogens is 2. The van der Waals surface area contributed by atoms with Gasteiger partial charge in [-0.15, -0.1) is 0 Å². The van der Waals surface area contributed by atoms with E-state index in [9.17, 15) is 4.79 Å². The van der Waals surface area contributed by atoms with Crippen LogP contribution in [0.5, 0.6) is 5.75 Å². The first kappa shape index (κ1) is 18.3. The van der Waals surface area contributed by atoms with Crippen LogP contribution in [0.3, 0.4) is 0 Å². The molecule has 0 saturated heterocycles. The second kappa shape index (κ2) is 8.31. The Bertz CT molecular complexity index is 937. The highest BCUT2D eigenvalue weighted by Crippen LogP contribution is 2.38. The number of nitrogens with zero attached hydrogens (tertiary/aromatic N) is 2. The topological polar surface area (TPSA) is 89.3 Å². The van der Waals surface area contributed by atoms with Crippen LogP contribution < -0.4 is 15.4 Å². The Morgan fingerprint density at radius 1 is 1.14 bits per heavy atom. The van der Waals surface area contributed by atoms with Crippen LogP contribution in [0.15, 0.2) is 53.1 Å². The average molecular weight is 399 g/mol. The van der Waals surface area contributed by atoms with Crippen LogP contribution in [0.4, 0.5) is 10.5 Å². The minimum atomic E-state index is -0.289. The fourth-order valence-corrected chi connectivity index (χ4v) is 2.69. The normalized spacial score (nSPS) is 13.2. The predicted octanol–water partition coefficient (Wildman–Crippen LogP) is 4.50. The minimum absolute atomic E-state index is 0.241. The highest BCUT2D eigenvalue weighted by molar-refractivity contribution is 6.30. The summed E-state index contributed by atoms with van der Waals surface area (Å²) in [5, 5.41) is 10.2. The van der Waals surface area contributed by atoms with Crippen molar-refractivity contribution in [3.63, 3.8) is 0 Å². The van der Waals surface area contributed by atoms with Gasteiger partial charge in [-0.2, -0.15) is 4.98 Å². The van der Waals surface area contributed by atoms with Crippen molar-refractivity contribution in [3.05, 3.63) is 70.8 Å². The number of ether oxygens (including phenoxy) is 1. The zero-order chi connectivity index (χ0) is 19.3. The Morgan fingerprint density at radius 2 is 1.89 bits per heavy atom. The van der Waals surface area contributed by atoms with E-state index in [1.165, 1.54) is 0 Å². The summed E-state index contributed by atoms with van der Waals surface area (Å²) < 4.78 is 10.9. The number of rotatable bonds is 7. The van der Waals surface area contributed by atoms with Gasteiger partial charge in [-0.3, -0.25) is 0 Å². The molecule has 1 aromatic heterocycles. The van der Waals surface area contributed by atoms with Crippen molar-refractivity contribution in [2.45, 2.75) is 31.9 Å². The molecule has 0 bridgehead atoms. The number of anilines is 1. The monoisotopic (exact) mass is 398 g/mol. The van der Waals surface area contributed by atoms with E-state index in [-0.39, 0.29) is 12.6 Å². The number of carbonyl (C=O) groups is 1. The Labute approximate surface area is 167 Å². The van der Waals surface area contributed by atoms with Gasteiger partial charge in [-0.1, -0.05) is 28.9 Å². The number of carbonyl (C=O) groups excluding carboxylic acids is 1. The molecule has 144 valence electrons. The van der Waals surface area contributed by atoms with Gasteiger partial charge in [0.05, 0.1) is 0 Å². The Balaban J connectivity index is 1.23. The molecule has 2 N–H and O–H groups in total. The van der Waals surface area contributed by atoms with E-state index < -0.39 is 0 Å². The Kier molecular flexibility index (Phi) is 5.43. The predicted molar refractivity (Wildman–Crippen MR) is 104 cm³/mol. The molecule has 1 saturated carbocycles. The van der Waals surface area contributed by atoms with E-state index in [1.54, 1.807) is 36.4 Å². The zero-order valence-corrected chi connectivity index (χ0v) is 15.8. The quantitative estimate of drug-likeness (QED) is 0.611. The molecule has 0 atom stereocenters. The fourth-order valence-electron chi connectivity index (χ4n) is 2.56. The summed E-state index contributed by atoms with van der Waals surface area (Å²) in [7, 11) is 0. The number of nitrogens with one attached hydrogen (secondary N) is 2. The first-order chi connectivity index (χ1) is 13.7. The van der Waals surface area contributed by atoms with Gasteiger partial charge >= 0.3 is 6.03 Å². The summed E-state index contributed by atoms with van der Waals surface area (Å²) in [6.45, 7) is 0.655. The maximum Gasteiger partial charge on any atom is 0.319 e. The largest absolute Gasteiger partial charge is 0.485 e. The lowest BCUT2D eigenvalue weighted by Crippen LogP contribution is -2.28. The SMILES string of the molecule is O=C(NCc1ccc(Cl)cc1)Nc1ccc(OCc2noc(C3CC3)n2)cc1. The van der Waals surface area contributed by atoms with Crippen LogP contribution in [0.1, 0.15) is 36.0 Å². The lowest BCUT2D eigenvalue weighted by atomic mass is 10.2. The van der Waals surface area contributed by atoms with E-state index in [4.69, 9.17) is 20.9 Å². The van der Waals surface area contributed by atoms with Crippen molar-refractivity contribution in [2.24, 2.45) is 0 Å². The third kappa shape index (κ3) is 5.01. The maximum absolute atomic E-state index is 12.0. The summed E-state index contributed by atoms with van der Waals surface area (Å²) in [6, 6.07) is 14.1. The molecule has 1 aliphatic carbocycles. The maximum atomic E-state index is 12.0. The first-order valence-corrected chi connectivity index (χ1v) is 9.38. The molecule has 1 heterocycles. The molecule has 1 fully saturated rings. The van der Waals surface area contributed by atoms with Gasteiger partial charge in [0.2, 0.25) is 11.7 Å². The summed E-state index contributed by atoms with van der Waals surface area (Å²) in [5.74, 6) is 2.32. The molecule has 0 spiro atoms. The third-order valence-electron chi connectivity index (χ3n) is 4.26. The number of urea groups is 1. The highest BCUT2D eigenvalue weighted by Gasteiger charge is 2.29. The van der Waals surface area contributed by atoms with Crippen molar-refractivity contribution in [1.82, 2.24) is 15.5 Å². The van der Waals surface area contributed by atoms with Crippen LogP contribution >= 0.6 is 11.6 Å². The van der Waals surface area contributed by atoms with E-state index in [1.807, 2.05) is 12.1 Å². The first-order valence-electron chi connectivity index (χ1n) is 9.00. The lowest BCUT2D eigenvalue weighted by molar-refractivity contribution is 0.251. The molecule has 0 aliphatic heterocycles. The molecule has 3 aromatic rings. The summed E-state index contributed by atoms with van der Waals surface area (Å²) >= 11 is 5.85. The van der Waals surface area contributed by atoms with E-state index >= 15 is 0 Å². The summed E-state index contributed by atoms with van der Waals surface area (Å²) in [5.41, 5.74) is 1.63. The molecule has 7 nitrogen and oxygen atoms in total. The molecule has 8 heteroatoms. The van der Waals surface area contributed by atoms with Gasteiger partial charge in [0.1, 0.15) is 5.75 Å². The number of benzene rings is 2. The molecule has 0 radical (unpaired) electrons. The van der Waals surface area contributed by atoms with Crippen molar-refractivity contribution in [1.29, 1.82) is 0 Å². The van der Waals surface area contributed by atoms with Crippen LogP contribution in [-0.2, 0) is 13.2 Å². The van der Waals surface area contributed by atoms with Gasteiger partial charge in [-0.25, -0.2) is 4.79 Å². The average Bonchev–Trinajstić information content (AvgIpc) is 3.45. The molecule has 2 aromatic carbocycles. The molecular formula is C20H19ClN4O3. The zero-order valence-electron chi connectivity index (χ0n) is 15.0. The van der Waals surface area contributed by atoms with Crippen molar-refractivity contribution in [3.8, 4) is 5.75 Å². The van der Waals surface area contributed by atoms with Gasteiger partial charge in [0.15, 0.2) is 6.61 Å². The van der Waals surface area contributed by atoms with Crippen molar-refractivity contribution >= 4 is 23.3 Å². The second-order valence-corrected chi connectivity index (χ2v) is 7.01. The number of hydrogen-bond acceptors (Lipinski definition) is 5. The van der Waals surface area contributed by atoms with E-state index in [0.29, 0.717) is 40.6 Å². The number of hydrogen-bond donors (Lipinski definition) is 2. The van der Waals surface area contributed by atoms with Gasteiger partial charge in [0.25, 0.3) is 0 Å². The molecule has 28 heavy (non-hydrogen) atoms. The smallest absolute Gasteiger partial charge is 0.319 e. The lowest BCUT2D eigenvalue weighted by Gasteiger charge is -2.09. The Morgan fingerprint density at radius 3 is 2.61 bits per heavy atom. The highest BCUT2D eigenvalue weighted by atomic mass is 35.5. The molecule has 2 amide bonds. The molecule has 1 aliphatic rings. The Hall–Kier alpha value is -3.06. The number of halogens is 1. The molecular weight excluding hydrogens is 380 g/mol. The standard InChI is InChI=1S/C20H19ClN4O3/c21-15-5-1-13(2-6-15)11-22-20(26)23-16-7-9-17(10-8-16)27-12-18-24-19(28-25-18)14-3-4-14/h1-2,5-10,14H,3-4,11-12H2,(H2,22,23,26). The van der Waals surface area contributed by atoms with Crippen molar-refractivity contribution < 1.29 is 14.1 Å².